The molecule has 2 aliphatic rings. The summed E-state index contributed by atoms with van der Waals surface area (Å²) in [5, 5.41) is 0. The van der Waals surface area contributed by atoms with Gasteiger partial charge in [-0.1, -0.05) is 48.5 Å². The van der Waals surface area contributed by atoms with Gasteiger partial charge in [0.2, 0.25) is 0 Å². The first-order chi connectivity index (χ1) is 13.9. The Bertz CT molecular complexity index is 835. The van der Waals surface area contributed by atoms with Crippen LogP contribution in [0.2, 0.25) is 0 Å². The average molecular weight is 401 g/mol. The van der Waals surface area contributed by atoms with Gasteiger partial charge in [-0.2, -0.15) is 13.2 Å². The van der Waals surface area contributed by atoms with Crippen LogP contribution in [0.5, 0.6) is 0 Å². The van der Waals surface area contributed by atoms with Gasteiger partial charge in [0.1, 0.15) is 5.78 Å². The molecular weight excluding hydrogens is 375 g/mol. The summed E-state index contributed by atoms with van der Waals surface area (Å²) in [6, 6.07) is 16.6. The SMILES string of the molecule is O=C(CCc1cccc(C(F)(F)F)c1)C1CC2CCC(C1)N2Cc1ccccc1. The van der Waals surface area contributed by atoms with Crippen molar-refractivity contribution in [3.8, 4) is 0 Å². The maximum Gasteiger partial charge on any atom is 0.416 e. The fourth-order valence-corrected chi connectivity index (χ4v) is 4.96. The first-order valence-electron chi connectivity index (χ1n) is 10.4. The summed E-state index contributed by atoms with van der Waals surface area (Å²) in [4.78, 5) is 15.3. The van der Waals surface area contributed by atoms with Crippen LogP contribution in [0.4, 0.5) is 13.2 Å². The van der Waals surface area contributed by atoms with Crippen LogP contribution in [0, 0.1) is 5.92 Å². The Morgan fingerprint density at radius 3 is 2.24 bits per heavy atom. The second kappa shape index (κ2) is 8.31. The van der Waals surface area contributed by atoms with Crippen LogP contribution in [0.25, 0.3) is 0 Å². The zero-order valence-electron chi connectivity index (χ0n) is 16.4. The number of rotatable bonds is 6. The van der Waals surface area contributed by atoms with E-state index in [1.165, 1.54) is 17.7 Å². The molecule has 2 fully saturated rings. The Labute approximate surface area is 169 Å². The van der Waals surface area contributed by atoms with Crippen LogP contribution in [-0.4, -0.2) is 22.8 Å². The normalized spacial score (nSPS) is 24.6. The highest BCUT2D eigenvalue weighted by Crippen LogP contribution is 2.40. The third kappa shape index (κ3) is 4.72. The van der Waals surface area contributed by atoms with Gasteiger partial charge in [0.05, 0.1) is 5.56 Å². The number of piperidine rings is 1. The number of hydrogen-bond donors (Lipinski definition) is 0. The fraction of sp³-hybridized carbons (Fsp3) is 0.458. The summed E-state index contributed by atoms with van der Waals surface area (Å²) in [6.07, 6.45) is 0.385. The van der Waals surface area contributed by atoms with E-state index in [1.807, 2.05) is 6.07 Å². The lowest BCUT2D eigenvalue weighted by atomic mass is 9.85. The highest BCUT2D eigenvalue weighted by Gasteiger charge is 2.42. The number of carbonyl (C=O) groups is 1. The number of nitrogens with zero attached hydrogens (tertiary/aromatic N) is 1. The predicted molar refractivity (Wildman–Crippen MR) is 106 cm³/mol. The highest BCUT2D eigenvalue weighted by atomic mass is 19.4. The molecule has 5 heteroatoms. The zero-order valence-corrected chi connectivity index (χ0v) is 16.4. The molecule has 2 aliphatic heterocycles. The molecule has 0 spiro atoms. The largest absolute Gasteiger partial charge is 0.416 e. The lowest BCUT2D eigenvalue weighted by Crippen LogP contribution is -2.44. The molecule has 0 radical (unpaired) electrons. The van der Waals surface area contributed by atoms with Gasteiger partial charge >= 0.3 is 6.18 Å². The van der Waals surface area contributed by atoms with Crippen LogP contribution < -0.4 is 0 Å². The van der Waals surface area contributed by atoms with Crippen LogP contribution in [0.15, 0.2) is 54.6 Å². The molecule has 2 bridgehead atoms. The van der Waals surface area contributed by atoms with Crippen molar-refractivity contribution in [3.05, 3.63) is 71.3 Å². The summed E-state index contributed by atoms with van der Waals surface area (Å²) < 4.78 is 38.6. The highest BCUT2D eigenvalue weighted by molar-refractivity contribution is 5.81. The quantitative estimate of drug-likeness (QED) is 0.623. The zero-order chi connectivity index (χ0) is 20.4. The van der Waals surface area contributed by atoms with E-state index in [4.69, 9.17) is 0 Å². The molecule has 2 unspecified atom stereocenters. The second-order valence-corrected chi connectivity index (χ2v) is 8.38. The van der Waals surface area contributed by atoms with Crippen molar-refractivity contribution in [2.45, 2.75) is 63.3 Å². The summed E-state index contributed by atoms with van der Waals surface area (Å²) >= 11 is 0. The number of carbonyl (C=O) groups excluding carboxylic acids is 1. The third-order valence-corrected chi connectivity index (χ3v) is 6.46. The van der Waals surface area contributed by atoms with E-state index in [0.717, 1.165) is 38.3 Å². The molecule has 0 amide bonds. The Hall–Kier alpha value is -2.14. The van der Waals surface area contributed by atoms with E-state index in [0.29, 0.717) is 30.5 Å². The standard InChI is InChI=1S/C24H26F3NO/c25-24(26,27)20-8-4-7-17(13-20)9-12-23(29)19-14-21-10-11-22(15-19)28(21)16-18-5-2-1-3-6-18/h1-8,13,19,21-22H,9-12,14-16H2. The number of benzene rings is 2. The molecule has 2 saturated heterocycles. The molecule has 4 rings (SSSR count). The van der Waals surface area contributed by atoms with E-state index in [-0.39, 0.29) is 11.7 Å². The van der Waals surface area contributed by atoms with Crippen molar-refractivity contribution in [2.24, 2.45) is 5.92 Å². The van der Waals surface area contributed by atoms with Gasteiger partial charge in [0.15, 0.2) is 0 Å². The van der Waals surface area contributed by atoms with Crippen molar-refractivity contribution in [2.75, 3.05) is 0 Å². The van der Waals surface area contributed by atoms with Crippen molar-refractivity contribution in [1.82, 2.24) is 4.90 Å². The summed E-state index contributed by atoms with van der Waals surface area (Å²) in [5.41, 5.74) is 1.24. The van der Waals surface area contributed by atoms with Gasteiger partial charge in [0.25, 0.3) is 0 Å². The molecule has 2 atom stereocenters. The molecule has 29 heavy (non-hydrogen) atoms. The fourth-order valence-electron chi connectivity index (χ4n) is 4.96. The van der Waals surface area contributed by atoms with Crippen molar-refractivity contribution >= 4 is 5.78 Å². The van der Waals surface area contributed by atoms with Crippen LogP contribution >= 0.6 is 0 Å². The number of aryl methyl sites for hydroxylation is 1. The molecule has 0 aromatic heterocycles. The number of Topliss-reactive ketones (excluding diaryl/α,β-unsaturated/α-hetero) is 1. The number of alkyl halides is 3. The van der Waals surface area contributed by atoms with Crippen molar-refractivity contribution in [1.29, 1.82) is 0 Å². The van der Waals surface area contributed by atoms with Gasteiger partial charge in [-0.15, -0.1) is 0 Å². The lowest BCUT2D eigenvalue weighted by molar-refractivity contribution is -0.137. The average Bonchev–Trinajstić information content (AvgIpc) is 2.94. The van der Waals surface area contributed by atoms with E-state index >= 15 is 0 Å². The molecule has 0 aliphatic carbocycles. The van der Waals surface area contributed by atoms with E-state index in [1.54, 1.807) is 6.07 Å². The van der Waals surface area contributed by atoms with Crippen LogP contribution in [-0.2, 0) is 23.9 Å². The van der Waals surface area contributed by atoms with Crippen molar-refractivity contribution < 1.29 is 18.0 Å². The Morgan fingerprint density at radius 1 is 0.931 bits per heavy atom. The Kier molecular flexibility index (Phi) is 5.77. The first kappa shape index (κ1) is 20.1. The van der Waals surface area contributed by atoms with Gasteiger partial charge in [-0.05, 0) is 49.3 Å². The van der Waals surface area contributed by atoms with Crippen LogP contribution in [0.1, 0.15) is 48.8 Å². The van der Waals surface area contributed by atoms with E-state index in [9.17, 15) is 18.0 Å². The maximum absolute atomic E-state index is 12.9. The minimum absolute atomic E-state index is 0.0466. The smallest absolute Gasteiger partial charge is 0.299 e. The van der Waals surface area contributed by atoms with Gasteiger partial charge in [-0.3, -0.25) is 9.69 Å². The number of halogens is 3. The maximum atomic E-state index is 12.9. The molecule has 2 nitrogen and oxygen atoms in total. The molecule has 0 N–H and O–H groups in total. The topological polar surface area (TPSA) is 20.3 Å². The number of fused-ring (bicyclic) bond motifs is 2. The van der Waals surface area contributed by atoms with Gasteiger partial charge in [0, 0.05) is 31.0 Å². The Morgan fingerprint density at radius 2 is 1.59 bits per heavy atom. The first-order valence-corrected chi connectivity index (χ1v) is 10.4. The third-order valence-electron chi connectivity index (χ3n) is 6.46. The van der Waals surface area contributed by atoms with Gasteiger partial charge in [-0.25, -0.2) is 0 Å². The monoisotopic (exact) mass is 401 g/mol. The number of hydrogen-bond acceptors (Lipinski definition) is 2. The molecule has 0 saturated carbocycles. The van der Waals surface area contributed by atoms with Gasteiger partial charge < -0.3 is 0 Å². The number of ketones is 1. The molecular formula is C24H26F3NO. The van der Waals surface area contributed by atoms with Crippen LogP contribution in [0.3, 0.4) is 0 Å². The molecule has 2 aromatic carbocycles. The minimum atomic E-state index is -4.34. The minimum Gasteiger partial charge on any atom is -0.299 e. The molecule has 2 heterocycles. The summed E-state index contributed by atoms with van der Waals surface area (Å²) in [6.45, 7) is 0.932. The van der Waals surface area contributed by atoms with E-state index < -0.39 is 11.7 Å². The Balaban J connectivity index is 1.33. The lowest BCUT2D eigenvalue weighted by Gasteiger charge is -2.38. The summed E-state index contributed by atoms with van der Waals surface area (Å²) in [5.74, 6) is 0.254. The summed E-state index contributed by atoms with van der Waals surface area (Å²) in [7, 11) is 0. The second-order valence-electron chi connectivity index (χ2n) is 8.38. The van der Waals surface area contributed by atoms with E-state index in [2.05, 4.69) is 29.2 Å². The molecule has 2 aromatic rings. The predicted octanol–water partition coefficient (Wildman–Crippen LogP) is 5.65. The van der Waals surface area contributed by atoms with Crippen molar-refractivity contribution in [3.63, 3.8) is 0 Å². The molecule has 154 valence electrons.